The van der Waals surface area contributed by atoms with E-state index in [4.69, 9.17) is 10.7 Å². The summed E-state index contributed by atoms with van der Waals surface area (Å²) < 4.78 is 0. The third-order valence-electron chi connectivity index (χ3n) is 3.69. The predicted octanol–water partition coefficient (Wildman–Crippen LogP) is 3.36. The van der Waals surface area contributed by atoms with Gasteiger partial charge >= 0.3 is 0 Å². The van der Waals surface area contributed by atoms with Crippen LogP contribution >= 0.6 is 11.3 Å². The van der Waals surface area contributed by atoms with Gasteiger partial charge in [-0.3, -0.25) is 4.98 Å². The van der Waals surface area contributed by atoms with Crippen LogP contribution in [0.15, 0.2) is 24.4 Å². The molecule has 0 amide bonds. The van der Waals surface area contributed by atoms with Gasteiger partial charge < -0.3 is 5.73 Å². The Hall–Kier alpha value is -1.26. The molecule has 0 unspecified atom stereocenters. The largest absolute Gasteiger partial charge is 0.330 e. The lowest BCUT2D eigenvalue weighted by Crippen LogP contribution is -2.02. The zero-order valence-corrected chi connectivity index (χ0v) is 11.8. The minimum Gasteiger partial charge on any atom is -0.330 e. The first kappa shape index (κ1) is 12.8. The molecule has 0 spiro atoms. The molecular weight excluding hydrogens is 254 g/mol. The number of pyridine rings is 1. The Morgan fingerprint density at radius 2 is 2.11 bits per heavy atom. The normalized spacial score (nSPS) is 16.1. The molecule has 0 radical (unpaired) electrons. The van der Waals surface area contributed by atoms with Gasteiger partial charge in [0.25, 0.3) is 0 Å². The van der Waals surface area contributed by atoms with Crippen LogP contribution in [0.2, 0.25) is 0 Å². The van der Waals surface area contributed by atoms with Crippen LogP contribution in [-0.2, 0) is 6.42 Å². The van der Waals surface area contributed by atoms with Crippen molar-refractivity contribution in [3.63, 3.8) is 0 Å². The smallest absolute Gasteiger partial charge is 0.103 e. The summed E-state index contributed by atoms with van der Waals surface area (Å²) in [6.07, 6.45) is 7.99. The highest BCUT2D eigenvalue weighted by Crippen LogP contribution is 2.41. The molecule has 2 heterocycles. The molecule has 1 aliphatic rings. The predicted molar refractivity (Wildman–Crippen MR) is 79.3 cm³/mol. The van der Waals surface area contributed by atoms with E-state index in [1.807, 2.05) is 29.7 Å². The number of nitrogens with zero attached hydrogens (tertiary/aromatic N) is 2. The van der Waals surface area contributed by atoms with Crippen molar-refractivity contribution in [1.82, 2.24) is 9.97 Å². The number of nitrogens with two attached hydrogens (primary N) is 1. The lowest BCUT2D eigenvalue weighted by atomic mass is 10.0. The van der Waals surface area contributed by atoms with Crippen LogP contribution in [0.5, 0.6) is 0 Å². The summed E-state index contributed by atoms with van der Waals surface area (Å²) in [5.41, 5.74) is 7.76. The summed E-state index contributed by atoms with van der Waals surface area (Å²) in [6.45, 7) is 0.666. The maximum Gasteiger partial charge on any atom is 0.103 e. The highest BCUT2D eigenvalue weighted by molar-refractivity contribution is 7.12. The van der Waals surface area contributed by atoms with Crippen molar-refractivity contribution in [2.75, 3.05) is 6.54 Å². The lowest BCUT2D eigenvalue weighted by Gasteiger charge is -2.08. The average Bonchev–Trinajstić information content (AvgIpc) is 3.08. The van der Waals surface area contributed by atoms with Gasteiger partial charge in [-0.15, -0.1) is 11.3 Å². The number of hydrogen-bond donors (Lipinski definition) is 1. The molecule has 2 aromatic heterocycles. The number of hydrogen-bond acceptors (Lipinski definition) is 4. The van der Waals surface area contributed by atoms with E-state index >= 15 is 0 Å². The first-order chi connectivity index (χ1) is 9.38. The van der Waals surface area contributed by atoms with E-state index in [2.05, 4.69) is 11.1 Å². The van der Waals surface area contributed by atoms with Crippen molar-refractivity contribution < 1.29 is 0 Å². The van der Waals surface area contributed by atoms with Crippen LogP contribution in [0.4, 0.5) is 0 Å². The third kappa shape index (κ3) is 2.69. The molecule has 3 rings (SSSR count). The van der Waals surface area contributed by atoms with Gasteiger partial charge in [0.2, 0.25) is 0 Å². The van der Waals surface area contributed by atoms with E-state index < -0.39 is 0 Å². The number of thiazole rings is 1. The van der Waals surface area contributed by atoms with E-state index in [0.717, 1.165) is 22.8 Å². The van der Waals surface area contributed by atoms with Gasteiger partial charge in [-0.05, 0) is 37.4 Å². The molecule has 0 aromatic carbocycles. The minimum absolute atomic E-state index is 0.666. The monoisotopic (exact) mass is 273 g/mol. The van der Waals surface area contributed by atoms with Crippen molar-refractivity contribution in [3.8, 4) is 11.4 Å². The maximum absolute atomic E-state index is 5.66. The highest BCUT2D eigenvalue weighted by Gasteiger charge is 2.24. The van der Waals surface area contributed by atoms with E-state index in [1.165, 1.54) is 30.6 Å². The molecular formula is C15H19N3S. The Labute approximate surface area is 117 Å². The highest BCUT2D eigenvalue weighted by atomic mass is 32.1. The Morgan fingerprint density at radius 1 is 1.26 bits per heavy atom. The van der Waals surface area contributed by atoms with Gasteiger partial charge in [0.05, 0.1) is 10.7 Å². The summed E-state index contributed by atoms with van der Waals surface area (Å²) in [6, 6.07) is 6.04. The summed E-state index contributed by atoms with van der Waals surface area (Å²) in [5.74, 6) is 0.682. The quantitative estimate of drug-likeness (QED) is 0.929. The molecule has 4 heteroatoms. The first-order valence-electron chi connectivity index (χ1n) is 6.99. The molecule has 1 fully saturated rings. The Kier molecular flexibility index (Phi) is 3.89. The Morgan fingerprint density at radius 3 is 2.79 bits per heavy atom. The van der Waals surface area contributed by atoms with Gasteiger partial charge in [-0.1, -0.05) is 18.9 Å². The van der Waals surface area contributed by atoms with Crippen molar-refractivity contribution in [2.24, 2.45) is 5.73 Å². The third-order valence-corrected chi connectivity index (χ3v) is 4.97. The molecule has 2 N–H and O–H groups in total. The fourth-order valence-corrected chi connectivity index (χ4v) is 4.02. The standard InChI is InChI=1S/C15H19N3S/c16-9-8-13-18-14(12-7-3-4-10-17-12)15(19-13)11-5-1-2-6-11/h3-4,7,10-11H,1-2,5-6,8-9,16H2. The minimum atomic E-state index is 0.666. The Balaban J connectivity index is 2.00. The van der Waals surface area contributed by atoms with Crippen molar-refractivity contribution in [1.29, 1.82) is 0 Å². The zero-order chi connectivity index (χ0) is 13.1. The van der Waals surface area contributed by atoms with Crippen LogP contribution in [-0.4, -0.2) is 16.5 Å². The topological polar surface area (TPSA) is 51.8 Å². The van der Waals surface area contributed by atoms with Gasteiger partial charge in [-0.25, -0.2) is 4.98 Å². The number of aromatic nitrogens is 2. The summed E-state index contributed by atoms with van der Waals surface area (Å²) in [5, 5.41) is 1.16. The second-order valence-electron chi connectivity index (χ2n) is 5.06. The lowest BCUT2D eigenvalue weighted by molar-refractivity contribution is 0.737. The average molecular weight is 273 g/mol. The summed E-state index contributed by atoms with van der Waals surface area (Å²) in [7, 11) is 0. The van der Waals surface area contributed by atoms with E-state index in [1.54, 1.807) is 0 Å². The number of rotatable bonds is 4. The van der Waals surface area contributed by atoms with E-state index in [9.17, 15) is 0 Å². The van der Waals surface area contributed by atoms with Crippen molar-refractivity contribution in [2.45, 2.75) is 38.0 Å². The molecule has 1 aliphatic carbocycles. The van der Waals surface area contributed by atoms with Crippen LogP contribution in [0.3, 0.4) is 0 Å². The molecule has 0 bridgehead atoms. The molecule has 100 valence electrons. The summed E-state index contributed by atoms with van der Waals surface area (Å²) in [4.78, 5) is 10.7. The first-order valence-corrected chi connectivity index (χ1v) is 7.81. The SMILES string of the molecule is NCCc1nc(-c2ccccn2)c(C2CCCC2)s1. The molecule has 0 aliphatic heterocycles. The van der Waals surface area contributed by atoms with Gasteiger partial charge in [0.15, 0.2) is 0 Å². The Bertz CT molecular complexity index is 530. The van der Waals surface area contributed by atoms with Crippen molar-refractivity contribution >= 4 is 11.3 Å². The summed E-state index contributed by atoms with van der Waals surface area (Å²) >= 11 is 1.85. The molecule has 0 saturated heterocycles. The van der Waals surface area contributed by atoms with Gasteiger partial charge in [0, 0.05) is 17.5 Å². The molecule has 1 saturated carbocycles. The second kappa shape index (κ2) is 5.80. The zero-order valence-electron chi connectivity index (χ0n) is 11.0. The van der Waals surface area contributed by atoms with E-state index in [-0.39, 0.29) is 0 Å². The van der Waals surface area contributed by atoms with Crippen LogP contribution in [0.1, 0.15) is 41.5 Å². The molecule has 19 heavy (non-hydrogen) atoms. The van der Waals surface area contributed by atoms with E-state index in [0.29, 0.717) is 12.5 Å². The van der Waals surface area contributed by atoms with Gasteiger partial charge in [0.1, 0.15) is 5.69 Å². The maximum atomic E-state index is 5.66. The van der Waals surface area contributed by atoms with Gasteiger partial charge in [-0.2, -0.15) is 0 Å². The molecule has 2 aromatic rings. The second-order valence-corrected chi connectivity index (χ2v) is 6.17. The van der Waals surface area contributed by atoms with Crippen LogP contribution < -0.4 is 5.73 Å². The van der Waals surface area contributed by atoms with Crippen molar-refractivity contribution in [3.05, 3.63) is 34.3 Å². The fraction of sp³-hybridized carbons (Fsp3) is 0.467. The fourth-order valence-electron chi connectivity index (χ4n) is 2.76. The van der Waals surface area contributed by atoms with Crippen LogP contribution in [0.25, 0.3) is 11.4 Å². The van der Waals surface area contributed by atoms with Crippen LogP contribution in [0, 0.1) is 0 Å². The molecule has 0 atom stereocenters. The molecule has 3 nitrogen and oxygen atoms in total.